The van der Waals surface area contributed by atoms with Gasteiger partial charge in [0.2, 0.25) is 0 Å². The maximum Gasteiger partial charge on any atom is 0.0927 e. The number of rotatable bonds is 1. The third-order valence-corrected chi connectivity index (χ3v) is 1.45. The molecule has 0 bridgehead atoms. The molecule has 0 spiro atoms. The van der Waals surface area contributed by atoms with Gasteiger partial charge in [-0.3, -0.25) is 5.26 Å². The summed E-state index contributed by atoms with van der Waals surface area (Å²) in [4.78, 5) is 4.11. The largest absolute Gasteiger partial charge is 0.252 e. The predicted molar refractivity (Wildman–Crippen MR) is 26.0 cm³/mol. The molecule has 0 heterocycles. The van der Waals surface area contributed by atoms with Gasteiger partial charge in [-0.05, 0) is 12.8 Å². The van der Waals surface area contributed by atoms with E-state index >= 15 is 0 Å². The van der Waals surface area contributed by atoms with E-state index in [9.17, 15) is 0 Å². The Morgan fingerprint density at radius 2 is 1.75 bits per heavy atom. The fourth-order valence-electron chi connectivity index (χ4n) is 0.994. The van der Waals surface area contributed by atoms with Crippen LogP contribution < -0.4 is 0 Å². The Morgan fingerprint density at radius 3 is 2.00 bits per heavy atom. The zero-order chi connectivity index (χ0) is 5.11. The van der Waals surface area contributed by atoms with Gasteiger partial charge in [-0.25, -0.2) is 4.89 Å². The van der Waals surface area contributed by atoms with Gasteiger partial charge in [0.15, 0.2) is 0 Å². The minimum absolute atomic E-state index is 0. The van der Waals surface area contributed by atoms with Crippen molar-refractivity contribution in [1.29, 1.82) is 0 Å². The first-order chi connectivity index (χ1) is 3.43. The number of hydrogen-bond acceptors (Lipinski definition) is 2. The summed E-state index contributed by atoms with van der Waals surface area (Å²) in [5.74, 6) is 0. The van der Waals surface area contributed by atoms with Crippen LogP contribution >= 0.6 is 0 Å². The normalized spacial score (nSPS) is 20.6. The molecule has 2 nitrogen and oxygen atoms in total. The first-order valence-electron chi connectivity index (χ1n) is 2.73. The van der Waals surface area contributed by atoms with Gasteiger partial charge in [-0.1, -0.05) is 12.8 Å². The predicted octanol–water partition coefficient (Wildman–Crippen LogP) is 1.42. The Kier molecular flexibility index (Phi) is 5.11. The molecule has 1 rings (SSSR count). The molecule has 0 saturated heterocycles. The monoisotopic (exact) mass is 282 g/mol. The van der Waals surface area contributed by atoms with Crippen LogP contribution in [-0.4, -0.2) is 11.4 Å². The van der Waals surface area contributed by atoms with Crippen molar-refractivity contribution in [3.8, 4) is 0 Å². The van der Waals surface area contributed by atoms with Crippen LogP contribution in [-0.2, 0) is 30.7 Å². The fraction of sp³-hybridized carbons (Fsp3) is 1.00. The van der Waals surface area contributed by atoms with Gasteiger partial charge < -0.3 is 0 Å². The Labute approximate surface area is 67.9 Å². The molecule has 8 heavy (non-hydrogen) atoms. The minimum Gasteiger partial charge on any atom is -0.252 e. The average Bonchev–Trinajstić information content (AvgIpc) is 2.14. The van der Waals surface area contributed by atoms with Crippen molar-refractivity contribution in [3.05, 3.63) is 0 Å². The molecule has 0 aromatic rings. The molecule has 46 valence electrons. The third kappa shape index (κ3) is 2.38. The van der Waals surface area contributed by atoms with E-state index in [1.807, 2.05) is 0 Å². The van der Waals surface area contributed by atoms with Crippen LogP contribution in [0, 0.1) is 0 Å². The van der Waals surface area contributed by atoms with Crippen LogP contribution in [0.5, 0.6) is 0 Å². The van der Waals surface area contributed by atoms with Crippen LogP contribution in [0.15, 0.2) is 0 Å². The fourth-order valence-corrected chi connectivity index (χ4v) is 0.994. The summed E-state index contributed by atoms with van der Waals surface area (Å²) in [6.45, 7) is 0. The second-order valence-corrected chi connectivity index (χ2v) is 2.01. The Hall–Kier alpha value is 0.790. The van der Waals surface area contributed by atoms with E-state index < -0.39 is 0 Å². The molecule has 1 fully saturated rings. The molecule has 1 aliphatic rings. The van der Waals surface area contributed by atoms with Crippen molar-refractivity contribution in [3.63, 3.8) is 0 Å². The van der Waals surface area contributed by atoms with Crippen LogP contribution in [0.1, 0.15) is 25.7 Å². The summed E-state index contributed by atoms with van der Waals surface area (Å²) in [7, 11) is 0. The Morgan fingerprint density at radius 1 is 1.25 bits per heavy atom. The van der Waals surface area contributed by atoms with Gasteiger partial charge >= 0.3 is 0 Å². The zero-order valence-electron chi connectivity index (χ0n) is 4.76. The van der Waals surface area contributed by atoms with E-state index in [0.29, 0.717) is 0 Å². The molecule has 0 aromatic heterocycles. The topological polar surface area (TPSA) is 29.5 Å². The van der Waals surface area contributed by atoms with E-state index in [1.54, 1.807) is 0 Å². The zero-order valence-corrected chi connectivity index (χ0v) is 8.35. The van der Waals surface area contributed by atoms with Crippen molar-refractivity contribution < 1.29 is 36.0 Å². The van der Waals surface area contributed by atoms with Crippen molar-refractivity contribution in [1.82, 2.24) is 0 Å². The molecule has 1 aliphatic carbocycles. The van der Waals surface area contributed by atoms with Gasteiger partial charge in [-0.2, -0.15) is 0 Å². The Balaban J connectivity index is 0.000000490. The molecule has 0 aromatic carbocycles. The molecule has 0 atom stereocenters. The van der Waals surface area contributed by atoms with E-state index in [1.165, 1.54) is 12.8 Å². The molecule has 3 heteroatoms. The van der Waals surface area contributed by atoms with Crippen molar-refractivity contribution >= 4 is 0 Å². The quantitative estimate of drug-likeness (QED) is 0.447. The summed E-state index contributed by atoms with van der Waals surface area (Å²) in [5, 5.41) is 8.07. The first-order valence-corrected chi connectivity index (χ1v) is 2.73. The van der Waals surface area contributed by atoms with E-state index in [4.69, 9.17) is 5.26 Å². The van der Waals surface area contributed by atoms with Gasteiger partial charge in [0.1, 0.15) is 0 Å². The van der Waals surface area contributed by atoms with Gasteiger partial charge in [0.05, 0.1) is 6.10 Å². The summed E-state index contributed by atoms with van der Waals surface area (Å²) in [6, 6.07) is 0. The van der Waals surface area contributed by atoms with Crippen LogP contribution in [0.4, 0.5) is 0 Å². The van der Waals surface area contributed by atoms with Crippen LogP contribution in [0.2, 0.25) is 0 Å². The second kappa shape index (κ2) is 4.65. The third-order valence-electron chi connectivity index (χ3n) is 1.45. The summed E-state index contributed by atoms with van der Waals surface area (Å²) < 4.78 is 0. The van der Waals surface area contributed by atoms with Gasteiger partial charge in [0.25, 0.3) is 0 Å². The molecular formula is C5H10HfO2. The standard InChI is InChI=1S/C5H10O2.Hf/c6-7-5-3-1-2-4-5;/h5-6H,1-4H2;. The number of hydrogen-bond donors (Lipinski definition) is 1. The molecule has 0 aliphatic heterocycles. The van der Waals surface area contributed by atoms with Crippen LogP contribution in [0.25, 0.3) is 0 Å². The summed E-state index contributed by atoms with van der Waals surface area (Å²) >= 11 is 0. The molecule has 0 unspecified atom stereocenters. The van der Waals surface area contributed by atoms with Crippen molar-refractivity contribution in [2.24, 2.45) is 0 Å². The molecule has 0 radical (unpaired) electrons. The van der Waals surface area contributed by atoms with Gasteiger partial charge in [-0.15, -0.1) is 0 Å². The molecule has 1 N–H and O–H groups in total. The smallest absolute Gasteiger partial charge is 0.0927 e. The van der Waals surface area contributed by atoms with Crippen molar-refractivity contribution in [2.45, 2.75) is 31.8 Å². The van der Waals surface area contributed by atoms with Crippen LogP contribution in [0.3, 0.4) is 0 Å². The minimum atomic E-state index is 0. The van der Waals surface area contributed by atoms with Gasteiger partial charge in [0, 0.05) is 25.8 Å². The maximum absolute atomic E-state index is 8.07. The maximum atomic E-state index is 8.07. The second-order valence-electron chi connectivity index (χ2n) is 2.01. The molecule has 1 saturated carbocycles. The van der Waals surface area contributed by atoms with E-state index in [2.05, 4.69) is 4.89 Å². The summed E-state index contributed by atoms with van der Waals surface area (Å²) in [6.07, 6.45) is 4.66. The summed E-state index contributed by atoms with van der Waals surface area (Å²) in [5.41, 5.74) is 0. The Bertz CT molecular complexity index is 52.4. The van der Waals surface area contributed by atoms with E-state index in [-0.39, 0.29) is 31.9 Å². The SMILES string of the molecule is OOC1CCCC1.[Hf]. The first kappa shape index (κ1) is 8.79. The van der Waals surface area contributed by atoms with E-state index in [0.717, 1.165) is 12.8 Å². The molecule has 0 amide bonds. The average molecular weight is 281 g/mol. The molecular weight excluding hydrogens is 271 g/mol. The van der Waals surface area contributed by atoms with Crippen molar-refractivity contribution in [2.75, 3.05) is 0 Å².